The highest BCUT2D eigenvalue weighted by atomic mass is 35.5. The smallest absolute Gasteiger partial charge is 0.344 e. The van der Waals surface area contributed by atoms with Crippen LogP contribution >= 0.6 is 11.6 Å². The molecule has 12 heavy (non-hydrogen) atoms. The fraction of sp³-hybridized carbons (Fsp3) is 0.500. The van der Waals surface area contributed by atoms with Gasteiger partial charge in [0.25, 0.3) is 5.24 Å². The number of ether oxygens (including phenoxy) is 2. The molecule has 0 aromatic rings. The van der Waals surface area contributed by atoms with Crippen LogP contribution in [0.25, 0.3) is 0 Å². The summed E-state index contributed by atoms with van der Waals surface area (Å²) in [5, 5.41) is -0.786. The van der Waals surface area contributed by atoms with Crippen LogP contribution in [0.4, 0.5) is 0 Å². The Hall–Kier alpha value is -1.10. The summed E-state index contributed by atoms with van der Waals surface area (Å²) in [6, 6.07) is 0. The highest BCUT2D eigenvalue weighted by molar-refractivity contribution is 6.64. The molecule has 0 aliphatic rings. The van der Waals surface area contributed by atoms with Gasteiger partial charge in [0, 0.05) is 6.92 Å². The summed E-state index contributed by atoms with van der Waals surface area (Å²) in [7, 11) is 0. The summed E-state index contributed by atoms with van der Waals surface area (Å²) in [5.74, 6) is -1.40. The maximum Gasteiger partial charge on any atom is 0.344 e. The third-order valence-electron chi connectivity index (χ3n) is 0.740. The third-order valence-corrected chi connectivity index (χ3v) is 0.849. The van der Waals surface area contributed by atoms with Gasteiger partial charge in [-0.05, 0) is 11.6 Å². The second-order valence-corrected chi connectivity index (χ2v) is 2.22. The number of hydrogen-bond donors (Lipinski definition) is 0. The topological polar surface area (TPSA) is 69.7 Å². The van der Waals surface area contributed by atoms with Crippen molar-refractivity contribution in [1.82, 2.24) is 0 Å². The van der Waals surface area contributed by atoms with E-state index in [1.807, 2.05) is 0 Å². The molecule has 68 valence electrons. The summed E-state index contributed by atoms with van der Waals surface area (Å²) in [6.07, 6.45) is 0. The second kappa shape index (κ2) is 5.54. The zero-order valence-corrected chi connectivity index (χ0v) is 7.09. The van der Waals surface area contributed by atoms with Crippen LogP contribution in [-0.4, -0.2) is 30.4 Å². The molecule has 0 atom stereocenters. The lowest BCUT2D eigenvalue weighted by molar-refractivity contribution is -0.158. The van der Waals surface area contributed by atoms with Gasteiger partial charge in [-0.3, -0.25) is 9.59 Å². The van der Waals surface area contributed by atoms with Gasteiger partial charge < -0.3 is 9.47 Å². The van der Waals surface area contributed by atoms with E-state index < -0.39 is 30.4 Å². The predicted molar refractivity (Wildman–Crippen MR) is 38.5 cm³/mol. The first-order chi connectivity index (χ1) is 5.52. The van der Waals surface area contributed by atoms with Gasteiger partial charge in [-0.15, -0.1) is 0 Å². The number of rotatable bonds is 4. The van der Waals surface area contributed by atoms with Gasteiger partial charge >= 0.3 is 11.9 Å². The Labute approximate surface area is 73.6 Å². The van der Waals surface area contributed by atoms with Gasteiger partial charge in [0.1, 0.15) is 0 Å². The van der Waals surface area contributed by atoms with Crippen LogP contribution in [0.5, 0.6) is 0 Å². The largest absolute Gasteiger partial charge is 0.454 e. The van der Waals surface area contributed by atoms with Crippen molar-refractivity contribution in [3.8, 4) is 0 Å². The summed E-state index contributed by atoms with van der Waals surface area (Å²) in [4.78, 5) is 30.8. The van der Waals surface area contributed by atoms with E-state index in [1.54, 1.807) is 0 Å². The molecule has 0 spiro atoms. The Morgan fingerprint density at radius 3 is 2.17 bits per heavy atom. The quantitative estimate of drug-likeness (QED) is 0.460. The molecule has 0 aliphatic heterocycles. The highest BCUT2D eigenvalue weighted by Gasteiger charge is 2.06. The van der Waals surface area contributed by atoms with Gasteiger partial charge in [0.05, 0.1) is 0 Å². The number of hydrogen-bond acceptors (Lipinski definition) is 5. The van der Waals surface area contributed by atoms with Crippen molar-refractivity contribution in [3.63, 3.8) is 0 Å². The molecule has 0 amide bonds. The lowest BCUT2D eigenvalue weighted by Gasteiger charge is -2.00. The summed E-state index contributed by atoms with van der Waals surface area (Å²) >= 11 is 4.86. The molecule has 5 nitrogen and oxygen atoms in total. The zero-order valence-electron chi connectivity index (χ0n) is 6.33. The van der Waals surface area contributed by atoms with Crippen molar-refractivity contribution in [2.24, 2.45) is 0 Å². The van der Waals surface area contributed by atoms with E-state index >= 15 is 0 Å². The average molecular weight is 195 g/mol. The van der Waals surface area contributed by atoms with E-state index in [0.29, 0.717) is 0 Å². The summed E-state index contributed by atoms with van der Waals surface area (Å²) < 4.78 is 8.52. The molecular weight excluding hydrogens is 188 g/mol. The van der Waals surface area contributed by atoms with Crippen LogP contribution in [0.3, 0.4) is 0 Å². The van der Waals surface area contributed by atoms with Gasteiger partial charge in [0.2, 0.25) is 0 Å². The van der Waals surface area contributed by atoms with Gasteiger partial charge in [-0.1, -0.05) is 0 Å². The lowest BCUT2D eigenvalue weighted by Crippen LogP contribution is -2.17. The van der Waals surface area contributed by atoms with Crippen molar-refractivity contribution in [1.29, 1.82) is 0 Å². The number of esters is 2. The second-order valence-electron chi connectivity index (χ2n) is 1.80. The number of carbonyl (C=O) groups excluding carboxylic acids is 3. The Bertz CT molecular complexity index is 180. The van der Waals surface area contributed by atoms with Crippen LogP contribution in [0, 0.1) is 0 Å². The van der Waals surface area contributed by atoms with Crippen LogP contribution < -0.4 is 0 Å². The van der Waals surface area contributed by atoms with E-state index in [4.69, 9.17) is 11.6 Å². The van der Waals surface area contributed by atoms with E-state index in [1.165, 1.54) is 0 Å². The van der Waals surface area contributed by atoms with Crippen molar-refractivity contribution < 1.29 is 23.9 Å². The number of carbonyl (C=O) groups is 3. The van der Waals surface area contributed by atoms with Gasteiger partial charge in [-0.2, -0.15) is 0 Å². The molecule has 0 rings (SSSR count). The van der Waals surface area contributed by atoms with E-state index in [2.05, 4.69) is 9.47 Å². The molecule has 0 N–H and O–H groups in total. The first-order valence-corrected chi connectivity index (χ1v) is 3.37. The minimum absolute atomic E-state index is 0.500. The standard InChI is InChI=1S/C6H7ClO5/c1-4(8)11-3-6(10)12-2-5(7)9/h2-3H2,1H3. The molecule has 0 aliphatic carbocycles. The minimum Gasteiger partial charge on any atom is -0.454 e. The zero-order chi connectivity index (χ0) is 9.56. The highest BCUT2D eigenvalue weighted by Crippen LogP contribution is 1.85. The Kier molecular flexibility index (Phi) is 5.03. The van der Waals surface area contributed by atoms with Crippen LogP contribution in [0.1, 0.15) is 6.92 Å². The monoisotopic (exact) mass is 194 g/mol. The first kappa shape index (κ1) is 10.9. The van der Waals surface area contributed by atoms with E-state index in [0.717, 1.165) is 6.92 Å². The van der Waals surface area contributed by atoms with E-state index in [9.17, 15) is 14.4 Å². The lowest BCUT2D eigenvalue weighted by atomic mass is 10.7. The molecule has 0 unspecified atom stereocenters. The molecule has 0 radical (unpaired) electrons. The maximum atomic E-state index is 10.5. The van der Waals surface area contributed by atoms with Crippen molar-refractivity contribution in [2.75, 3.05) is 13.2 Å². The van der Waals surface area contributed by atoms with E-state index in [-0.39, 0.29) is 0 Å². The molecule has 0 aromatic heterocycles. The summed E-state index contributed by atoms with van der Waals surface area (Å²) in [5.41, 5.74) is 0. The molecule has 6 heteroatoms. The average Bonchev–Trinajstić information content (AvgIpc) is 1.96. The van der Waals surface area contributed by atoms with Crippen molar-refractivity contribution in [2.45, 2.75) is 6.92 Å². The molecule has 0 saturated carbocycles. The predicted octanol–water partition coefficient (Wildman–Crippen LogP) is -0.142. The molecular formula is C6H7ClO5. The molecule has 0 saturated heterocycles. The van der Waals surface area contributed by atoms with Crippen LogP contribution in [0.2, 0.25) is 0 Å². The molecule has 0 aromatic carbocycles. The maximum absolute atomic E-state index is 10.5. The van der Waals surface area contributed by atoms with Crippen molar-refractivity contribution >= 4 is 28.8 Å². The molecule has 0 heterocycles. The van der Waals surface area contributed by atoms with Crippen LogP contribution in [-0.2, 0) is 23.9 Å². The van der Waals surface area contributed by atoms with Gasteiger partial charge in [0.15, 0.2) is 13.2 Å². The Morgan fingerprint density at radius 1 is 1.17 bits per heavy atom. The fourth-order valence-corrected chi connectivity index (χ4v) is 0.394. The Balaban J connectivity index is 3.47. The first-order valence-electron chi connectivity index (χ1n) is 2.99. The summed E-state index contributed by atoms with van der Waals surface area (Å²) in [6.45, 7) is 0.140. The fourth-order valence-electron chi connectivity index (χ4n) is 0.339. The van der Waals surface area contributed by atoms with Gasteiger partial charge in [-0.25, -0.2) is 4.79 Å². The normalized spacial score (nSPS) is 8.83. The van der Waals surface area contributed by atoms with Crippen molar-refractivity contribution in [3.05, 3.63) is 0 Å². The number of halogens is 1. The molecule has 0 bridgehead atoms. The Morgan fingerprint density at radius 2 is 1.75 bits per heavy atom. The third kappa shape index (κ3) is 7.01. The van der Waals surface area contributed by atoms with Crippen LogP contribution in [0.15, 0.2) is 0 Å². The SMILES string of the molecule is CC(=O)OCC(=O)OCC(=O)Cl. The minimum atomic E-state index is -0.806. The molecule has 0 fully saturated rings.